The van der Waals surface area contributed by atoms with Gasteiger partial charge in [-0.2, -0.15) is 0 Å². The Morgan fingerprint density at radius 3 is 2.52 bits per heavy atom. The highest BCUT2D eigenvalue weighted by molar-refractivity contribution is 6.05. The fourth-order valence-corrected chi connectivity index (χ4v) is 3.27. The van der Waals surface area contributed by atoms with Gasteiger partial charge in [0, 0.05) is 18.8 Å². The molecule has 154 valence electrons. The molecule has 2 heterocycles. The van der Waals surface area contributed by atoms with Gasteiger partial charge in [0.2, 0.25) is 0 Å². The molecule has 8 nitrogen and oxygen atoms in total. The van der Waals surface area contributed by atoms with Crippen LogP contribution in [-0.4, -0.2) is 41.0 Å². The number of carbonyl (C=O) groups is 3. The molecule has 0 fully saturated rings. The number of carbonyl (C=O) groups excluding carboxylic acids is 3. The van der Waals surface area contributed by atoms with E-state index in [2.05, 4.69) is 20.4 Å². The zero-order chi connectivity index (χ0) is 21.0. The van der Waals surface area contributed by atoms with E-state index in [9.17, 15) is 14.4 Å². The van der Waals surface area contributed by atoms with Crippen molar-refractivity contribution in [2.75, 3.05) is 19.0 Å². The van der Waals surface area contributed by atoms with Crippen molar-refractivity contribution in [1.82, 2.24) is 14.9 Å². The third-order valence-corrected chi connectivity index (χ3v) is 4.77. The summed E-state index contributed by atoms with van der Waals surface area (Å²) in [5.74, 6) is -0.465. The van der Waals surface area contributed by atoms with Crippen molar-refractivity contribution < 1.29 is 19.1 Å². The van der Waals surface area contributed by atoms with Crippen molar-refractivity contribution in [3.8, 4) is 0 Å². The largest absolute Gasteiger partial charge is 0.465 e. The van der Waals surface area contributed by atoms with Crippen molar-refractivity contribution in [1.29, 1.82) is 0 Å². The summed E-state index contributed by atoms with van der Waals surface area (Å²) in [6.07, 6.45) is 2.60. The number of hydrogen-bond donors (Lipinski definition) is 2. The maximum Gasteiger partial charge on any atom is 0.337 e. The van der Waals surface area contributed by atoms with Crippen LogP contribution in [0.1, 0.15) is 63.8 Å². The lowest BCUT2D eigenvalue weighted by Crippen LogP contribution is -2.30. The Hall–Kier alpha value is -3.16. The maximum absolute atomic E-state index is 12.9. The molecule has 1 aliphatic rings. The molecule has 1 aromatic carbocycles. The summed E-state index contributed by atoms with van der Waals surface area (Å²) in [5, 5.41) is 5.67. The molecule has 3 rings (SSSR count). The van der Waals surface area contributed by atoms with Crippen LogP contribution in [0.4, 0.5) is 5.69 Å². The summed E-state index contributed by atoms with van der Waals surface area (Å²) in [6, 6.07) is 6.41. The normalized spacial score (nSPS) is 13.0. The van der Waals surface area contributed by atoms with Crippen LogP contribution in [-0.2, 0) is 17.7 Å². The van der Waals surface area contributed by atoms with E-state index in [-0.39, 0.29) is 23.3 Å². The van der Waals surface area contributed by atoms with Gasteiger partial charge in [-0.1, -0.05) is 13.8 Å². The average Bonchev–Trinajstić information content (AvgIpc) is 3.12. The van der Waals surface area contributed by atoms with Gasteiger partial charge in [-0.3, -0.25) is 9.59 Å². The van der Waals surface area contributed by atoms with Gasteiger partial charge in [-0.15, -0.1) is 0 Å². The smallest absolute Gasteiger partial charge is 0.337 e. The zero-order valence-electron chi connectivity index (χ0n) is 16.9. The maximum atomic E-state index is 12.9. The standard InChI is InChI=1S/C21H26N4O4/c1-13(2)12-22-20(27)18-24-17(16-6-4-5-11-25(16)18)19(26)23-15-9-7-14(8-10-15)21(28)29-3/h7-10,13H,4-6,11-12H2,1-3H3,(H,22,27)(H,23,26). The van der Waals surface area contributed by atoms with Crippen LogP contribution in [0.25, 0.3) is 0 Å². The molecule has 0 saturated heterocycles. The minimum atomic E-state index is -0.442. The molecular weight excluding hydrogens is 372 g/mol. The van der Waals surface area contributed by atoms with Crippen LogP contribution < -0.4 is 10.6 Å². The van der Waals surface area contributed by atoms with Gasteiger partial charge >= 0.3 is 5.97 Å². The molecular formula is C21H26N4O4. The van der Waals surface area contributed by atoms with Crippen molar-refractivity contribution in [3.05, 3.63) is 47.0 Å². The number of nitrogens with zero attached hydrogens (tertiary/aromatic N) is 2. The quantitative estimate of drug-likeness (QED) is 0.729. The summed E-state index contributed by atoms with van der Waals surface area (Å²) in [6.45, 7) is 5.26. The zero-order valence-corrected chi connectivity index (χ0v) is 16.9. The number of methoxy groups -OCH3 is 1. The van der Waals surface area contributed by atoms with Gasteiger partial charge < -0.3 is 19.9 Å². The Bertz CT molecular complexity index is 916. The number of aromatic nitrogens is 2. The molecule has 8 heteroatoms. The lowest BCUT2D eigenvalue weighted by molar-refractivity contribution is 0.0600. The van der Waals surface area contributed by atoms with Crippen LogP contribution >= 0.6 is 0 Å². The van der Waals surface area contributed by atoms with E-state index in [1.807, 2.05) is 18.4 Å². The molecule has 2 N–H and O–H groups in total. The van der Waals surface area contributed by atoms with Crippen LogP contribution in [0, 0.1) is 5.92 Å². The summed E-state index contributed by atoms with van der Waals surface area (Å²) < 4.78 is 6.53. The average molecular weight is 398 g/mol. The number of hydrogen-bond acceptors (Lipinski definition) is 5. The third kappa shape index (κ3) is 4.64. The van der Waals surface area contributed by atoms with E-state index in [1.54, 1.807) is 24.3 Å². The molecule has 0 unspecified atom stereocenters. The van der Waals surface area contributed by atoms with Crippen LogP contribution in [0.2, 0.25) is 0 Å². The molecule has 0 spiro atoms. The molecule has 0 bridgehead atoms. The molecule has 2 aromatic rings. The summed E-state index contributed by atoms with van der Waals surface area (Å²) >= 11 is 0. The second-order valence-corrected chi connectivity index (χ2v) is 7.47. The predicted molar refractivity (Wildman–Crippen MR) is 108 cm³/mol. The molecule has 0 atom stereocenters. The number of benzene rings is 1. The van der Waals surface area contributed by atoms with Gasteiger partial charge in [0.1, 0.15) is 0 Å². The number of amides is 2. The molecule has 0 saturated carbocycles. The monoisotopic (exact) mass is 398 g/mol. The van der Waals surface area contributed by atoms with E-state index >= 15 is 0 Å². The first kappa shape index (κ1) is 20.6. The van der Waals surface area contributed by atoms with Gasteiger partial charge in [-0.25, -0.2) is 9.78 Å². The number of fused-ring (bicyclic) bond motifs is 1. The lowest BCUT2D eigenvalue weighted by Gasteiger charge is -2.17. The van der Waals surface area contributed by atoms with Gasteiger partial charge in [0.05, 0.1) is 18.4 Å². The van der Waals surface area contributed by atoms with Crippen LogP contribution in [0.15, 0.2) is 24.3 Å². The Morgan fingerprint density at radius 1 is 1.14 bits per heavy atom. The van der Waals surface area contributed by atoms with Crippen LogP contribution in [0.5, 0.6) is 0 Å². The number of rotatable bonds is 6. The van der Waals surface area contributed by atoms with E-state index < -0.39 is 5.97 Å². The molecule has 0 radical (unpaired) electrons. The first-order valence-corrected chi connectivity index (χ1v) is 9.78. The third-order valence-electron chi connectivity index (χ3n) is 4.77. The number of ether oxygens (including phenoxy) is 1. The summed E-state index contributed by atoms with van der Waals surface area (Å²) in [7, 11) is 1.31. The molecule has 1 aliphatic heterocycles. The van der Waals surface area contributed by atoms with Crippen LogP contribution in [0.3, 0.4) is 0 Å². The Labute approximate surface area is 169 Å². The highest BCUT2D eigenvalue weighted by Gasteiger charge is 2.27. The Kier molecular flexibility index (Phi) is 6.31. The second-order valence-electron chi connectivity index (χ2n) is 7.47. The van der Waals surface area contributed by atoms with E-state index in [0.717, 1.165) is 18.5 Å². The molecule has 1 aromatic heterocycles. The topological polar surface area (TPSA) is 102 Å². The molecule has 2 amide bonds. The van der Waals surface area contributed by atoms with Crippen molar-refractivity contribution >= 4 is 23.5 Å². The lowest BCUT2D eigenvalue weighted by atomic mass is 10.1. The minimum Gasteiger partial charge on any atom is -0.465 e. The SMILES string of the molecule is COC(=O)c1ccc(NC(=O)c2nc(C(=O)NCC(C)C)n3c2CCCC3)cc1. The second kappa shape index (κ2) is 8.89. The van der Waals surface area contributed by atoms with Gasteiger partial charge in [0.25, 0.3) is 11.8 Å². The van der Waals surface area contributed by atoms with Crippen molar-refractivity contribution in [2.24, 2.45) is 5.92 Å². The minimum absolute atomic E-state index is 0.261. The van der Waals surface area contributed by atoms with Gasteiger partial charge in [0.15, 0.2) is 11.5 Å². The van der Waals surface area contributed by atoms with Gasteiger partial charge in [-0.05, 0) is 49.4 Å². The first-order valence-electron chi connectivity index (χ1n) is 9.78. The summed E-state index contributed by atoms with van der Waals surface area (Å²) in [4.78, 5) is 41.3. The number of esters is 1. The summed E-state index contributed by atoms with van der Waals surface area (Å²) in [5.41, 5.74) is 1.99. The number of nitrogens with one attached hydrogen (secondary N) is 2. The first-order chi connectivity index (χ1) is 13.9. The highest BCUT2D eigenvalue weighted by Crippen LogP contribution is 2.22. The molecule has 29 heavy (non-hydrogen) atoms. The van der Waals surface area contributed by atoms with E-state index in [4.69, 9.17) is 0 Å². The number of anilines is 1. The molecule has 0 aliphatic carbocycles. The predicted octanol–water partition coefficient (Wildman–Crippen LogP) is 2.64. The van der Waals surface area contributed by atoms with E-state index in [0.29, 0.717) is 36.7 Å². The number of imidazole rings is 1. The highest BCUT2D eigenvalue weighted by atomic mass is 16.5. The Balaban J connectivity index is 1.81. The van der Waals surface area contributed by atoms with E-state index in [1.165, 1.54) is 7.11 Å². The Morgan fingerprint density at radius 2 is 1.86 bits per heavy atom. The van der Waals surface area contributed by atoms with Crippen molar-refractivity contribution in [3.63, 3.8) is 0 Å². The fraction of sp³-hybridized carbons (Fsp3) is 0.429. The van der Waals surface area contributed by atoms with Crippen molar-refractivity contribution in [2.45, 2.75) is 39.7 Å². The fourth-order valence-electron chi connectivity index (χ4n) is 3.27.